The van der Waals surface area contributed by atoms with Crippen LogP contribution in [0.15, 0.2) is 22.7 Å². The Morgan fingerprint density at radius 2 is 2.16 bits per heavy atom. The molecule has 3 rings (SSSR count). The summed E-state index contributed by atoms with van der Waals surface area (Å²) >= 11 is 0. The fraction of sp³-hybridized carbons (Fsp3) is 0.444. The van der Waals surface area contributed by atoms with E-state index in [4.69, 9.17) is 9.26 Å². The molecule has 1 aromatic carbocycles. The monoisotopic (exact) mass is 347 g/mol. The van der Waals surface area contributed by atoms with Crippen molar-refractivity contribution in [3.63, 3.8) is 0 Å². The molecule has 25 heavy (non-hydrogen) atoms. The fourth-order valence-electron chi connectivity index (χ4n) is 2.77. The number of nitrogens with one attached hydrogen (secondary N) is 1. The molecular formula is C18H22FN3O3. The van der Waals surface area contributed by atoms with Crippen LogP contribution < -0.4 is 10.1 Å². The zero-order chi connectivity index (χ0) is 17.8. The Kier molecular flexibility index (Phi) is 5.21. The average Bonchev–Trinajstić information content (AvgIpc) is 3.02. The molecule has 1 amide bonds. The molecule has 1 N–H and O–H groups in total. The topological polar surface area (TPSA) is 67.6 Å². The number of anilines is 1. The molecule has 0 saturated carbocycles. The highest BCUT2D eigenvalue weighted by Crippen LogP contribution is 2.26. The van der Waals surface area contributed by atoms with Gasteiger partial charge >= 0.3 is 0 Å². The minimum absolute atomic E-state index is 0.121. The molecule has 1 heterocycles. The first-order chi connectivity index (χ1) is 12.0. The van der Waals surface area contributed by atoms with Crippen molar-refractivity contribution >= 4 is 11.6 Å². The number of aryl methyl sites for hydroxylation is 1. The standard InChI is InChI=1S/C18H22FN3O3/c1-22(2)18(23)11-24-12-7-8-15(14(19)9-12)20-10-16-13-5-3-4-6-17(13)25-21-16/h7-9,20H,3-6,10-11H2,1-2H3. The molecule has 1 aliphatic rings. The van der Waals surface area contributed by atoms with Crippen LogP contribution in [0.1, 0.15) is 29.9 Å². The number of carbonyl (C=O) groups is 1. The van der Waals surface area contributed by atoms with Gasteiger partial charge in [-0.15, -0.1) is 0 Å². The zero-order valence-electron chi connectivity index (χ0n) is 14.5. The molecule has 1 aliphatic carbocycles. The lowest BCUT2D eigenvalue weighted by molar-refractivity contribution is -0.130. The SMILES string of the molecule is CN(C)C(=O)COc1ccc(NCc2noc3c2CCCC3)c(F)c1. The van der Waals surface area contributed by atoms with Crippen molar-refractivity contribution in [1.82, 2.24) is 10.1 Å². The Bertz CT molecular complexity index is 758. The van der Waals surface area contributed by atoms with Gasteiger partial charge in [-0.3, -0.25) is 4.79 Å². The van der Waals surface area contributed by atoms with Gasteiger partial charge in [-0.05, 0) is 31.4 Å². The minimum Gasteiger partial charge on any atom is -0.484 e. The van der Waals surface area contributed by atoms with E-state index in [2.05, 4.69) is 10.5 Å². The molecule has 0 bridgehead atoms. The number of carbonyl (C=O) groups excluding carboxylic acids is 1. The van der Waals surface area contributed by atoms with E-state index in [0.29, 0.717) is 18.0 Å². The average molecular weight is 347 g/mol. The molecule has 0 spiro atoms. The third-order valence-electron chi connectivity index (χ3n) is 4.28. The molecule has 134 valence electrons. The van der Waals surface area contributed by atoms with Crippen LogP contribution >= 0.6 is 0 Å². The molecule has 2 aromatic rings. The Hall–Kier alpha value is -2.57. The number of nitrogens with zero attached hydrogens (tertiary/aromatic N) is 2. The molecule has 0 fully saturated rings. The second-order valence-corrected chi connectivity index (χ2v) is 6.31. The first-order valence-electron chi connectivity index (χ1n) is 8.37. The van der Waals surface area contributed by atoms with Gasteiger partial charge in [-0.1, -0.05) is 5.16 Å². The van der Waals surface area contributed by atoms with Crippen molar-refractivity contribution in [3.05, 3.63) is 41.0 Å². The van der Waals surface area contributed by atoms with Crippen LogP contribution in [-0.2, 0) is 24.2 Å². The van der Waals surface area contributed by atoms with E-state index >= 15 is 0 Å². The van der Waals surface area contributed by atoms with Crippen LogP contribution in [0.5, 0.6) is 5.75 Å². The molecule has 7 heteroatoms. The lowest BCUT2D eigenvalue weighted by Gasteiger charge is -2.13. The van der Waals surface area contributed by atoms with Crippen molar-refractivity contribution in [2.24, 2.45) is 0 Å². The van der Waals surface area contributed by atoms with Gasteiger partial charge in [0.05, 0.1) is 12.2 Å². The van der Waals surface area contributed by atoms with E-state index in [1.165, 1.54) is 11.0 Å². The number of ether oxygens (including phenoxy) is 1. The van der Waals surface area contributed by atoms with Crippen LogP contribution in [-0.4, -0.2) is 36.7 Å². The normalized spacial score (nSPS) is 13.2. The van der Waals surface area contributed by atoms with Gasteiger partial charge in [-0.2, -0.15) is 0 Å². The lowest BCUT2D eigenvalue weighted by atomic mass is 9.96. The molecule has 0 saturated heterocycles. The van der Waals surface area contributed by atoms with Crippen LogP contribution in [0.25, 0.3) is 0 Å². The molecule has 0 atom stereocenters. The van der Waals surface area contributed by atoms with Crippen molar-refractivity contribution in [2.45, 2.75) is 32.2 Å². The highest BCUT2D eigenvalue weighted by molar-refractivity contribution is 5.77. The predicted octanol–water partition coefficient (Wildman–Crippen LogP) is 2.77. The van der Waals surface area contributed by atoms with Crippen LogP contribution in [0, 0.1) is 5.82 Å². The number of halogens is 1. The lowest BCUT2D eigenvalue weighted by Crippen LogP contribution is -2.27. The number of fused-ring (bicyclic) bond motifs is 1. The zero-order valence-corrected chi connectivity index (χ0v) is 14.5. The van der Waals surface area contributed by atoms with E-state index < -0.39 is 5.82 Å². The van der Waals surface area contributed by atoms with Crippen LogP contribution in [0.4, 0.5) is 10.1 Å². The summed E-state index contributed by atoms with van der Waals surface area (Å²) in [4.78, 5) is 12.9. The number of hydrogen-bond acceptors (Lipinski definition) is 5. The number of aromatic nitrogens is 1. The quantitative estimate of drug-likeness (QED) is 0.870. The van der Waals surface area contributed by atoms with Gasteiger partial charge in [0.25, 0.3) is 5.91 Å². The highest BCUT2D eigenvalue weighted by atomic mass is 19.1. The first-order valence-corrected chi connectivity index (χ1v) is 8.37. The second kappa shape index (κ2) is 7.55. The summed E-state index contributed by atoms with van der Waals surface area (Å²) in [7, 11) is 3.28. The summed E-state index contributed by atoms with van der Waals surface area (Å²) in [5.41, 5.74) is 2.35. The molecule has 6 nitrogen and oxygen atoms in total. The number of likely N-dealkylation sites (N-methyl/N-ethyl adjacent to an activating group) is 1. The third-order valence-corrected chi connectivity index (χ3v) is 4.28. The second-order valence-electron chi connectivity index (χ2n) is 6.31. The highest BCUT2D eigenvalue weighted by Gasteiger charge is 2.19. The van der Waals surface area contributed by atoms with Gasteiger partial charge in [0.15, 0.2) is 6.61 Å². The maximum atomic E-state index is 14.2. The summed E-state index contributed by atoms with van der Waals surface area (Å²) < 4.78 is 24.9. The molecule has 0 unspecified atom stereocenters. The first kappa shape index (κ1) is 17.3. The van der Waals surface area contributed by atoms with Crippen LogP contribution in [0.2, 0.25) is 0 Å². The predicted molar refractivity (Wildman–Crippen MR) is 91.1 cm³/mol. The van der Waals surface area contributed by atoms with E-state index in [1.54, 1.807) is 26.2 Å². The summed E-state index contributed by atoms with van der Waals surface area (Å²) in [6.07, 6.45) is 4.15. The Morgan fingerprint density at radius 1 is 1.36 bits per heavy atom. The van der Waals surface area contributed by atoms with Crippen molar-refractivity contribution in [1.29, 1.82) is 0 Å². The van der Waals surface area contributed by atoms with Crippen molar-refractivity contribution in [2.75, 3.05) is 26.0 Å². The van der Waals surface area contributed by atoms with Gasteiger partial charge < -0.3 is 19.5 Å². The van der Waals surface area contributed by atoms with E-state index in [0.717, 1.165) is 42.7 Å². The maximum absolute atomic E-state index is 14.2. The molecule has 0 aliphatic heterocycles. The van der Waals surface area contributed by atoms with E-state index in [9.17, 15) is 9.18 Å². The number of rotatable bonds is 6. The molecule has 0 radical (unpaired) electrons. The fourth-order valence-corrected chi connectivity index (χ4v) is 2.77. The van der Waals surface area contributed by atoms with Crippen molar-refractivity contribution in [3.8, 4) is 5.75 Å². The number of benzene rings is 1. The Labute approximate surface area is 145 Å². The van der Waals surface area contributed by atoms with Gasteiger partial charge in [0.2, 0.25) is 0 Å². The summed E-state index contributed by atoms with van der Waals surface area (Å²) in [6, 6.07) is 4.49. The van der Waals surface area contributed by atoms with E-state index in [-0.39, 0.29) is 12.5 Å². The minimum atomic E-state index is -0.438. The molecular weight excluding hydrogens is 325 g/mol. The van der Waals surface area contributed by atoms with Gasteiger partial charge in [0, 0.05) is 32.1 Å². The van der Waals surface area contributed by atoms with Gasteiger partial charge in [-0.25, -0.2) is 4.39 Å². The Balaban J connectivity index is 1.60. The van der Waals surface area contributed by atoms with Gasteiger partial charge in [0.1, 0.15) is 23.0 Å². The van der Waals surface area contributed by atoms with Crippen LogP contribution in [0.3, 0.4) is 0 Å². The smallest absolute Gasteiger partial charge is 0.259 e. The number of amides is 1. The maximum Gasteiger partial charge on any atom is 0.259 e. The molecule has 1 aromatic heterocycles. The van der Waals surface area contributed by atoms with E-state index in [1.807, 2.05) is 0 Å². The summed E-state index contributed by atoms with van der Waals surface area (Å²) in [6.45, 7) is 0.291. The number of hydrogen-bond donors (Lipinski definition) is 1. The largest absolute Gasteiger partial charge is 0.484 e. The van der Waals surface area contributed by atoms with Crippen molar-refractivity contribution < 1.29 is 18.4 Å². The summed E-state index contributed by atoms with van der Waals surface area (Å²) in [5, 5.41) is 7.15. The Morgan fingerprint density at radius 3 is 2.92 bits per heavy atom. The summed E-state index contributed by atoms with van der Waals surface area (Å²) in [5.74, 6) is 0.653. The third kappa shape index (κ3) is 4.10.